The molecule has 122 valence electrons. The van der Waals surface area contributed by atoms with Crippen LogP contribution in [0.4, 0.5) is 10.5 Å². The average molecular weight is 316 g/mol. The highest BCUT2D eigenvalue weighted by Gasteiger charge is 2.18. The van der Waals surface area contributed by atoms with Crippen molar-refractivity contribution in [1.82, 2.24) is 14.9 Å². The number of fused-ring (bicyclic) bond motifs is 1. The number of rotatable bonds is 3. The largest absolute Gasteiger partial charge is 0.478 e. The number of carbonyl (C=O) groups is 2. The Morgan fingerprint density at radius 2 is 2.00 bits per heavy atom. The number of aryl methyl sites for hydroxylation is 1. The summed E-state index contributed by atoms with van der Waals surface area (Å²) >= 11 is 0. The Labute approximate surface area is 133 Å². The van der Waals surface area contributed by atoms with Gasteiger partial charge in [-0.25, -0.2) is 14.6 Å². The molecule has 7 heteroatoms. The number of aromatic carboxylic acids is 1. The molecule has 0 saturated heterocycles. The summed E-state index contributed by atoms with van der Waals surface area (Å²) in [6.07, 6.45) is 7.03. The first-order chi connectivity index (χ1) is 11.0. The van der Waals surface area contributed by atoms with Crippen molar-refractivity contribution in [3.63, 3.8) is 0 Å². The summed E-state index contributed by atoms with van der Waals surface area (Å²) < 4.78 is 1.66. The molecule has 1 aromatic carbocycles. The maximum Gasteiger partial charge on any atom is 0.337 e. The molecule has 1 aliphatic carbocycles. The maximum atomic E-state index is 12.1. The molecule has 3 rings (SSSR count). The number of nitrogens with zero attached hydrogens (tertiary/aromatic N) is 2. The molecule has 1 fully saturated rings. The number of carboxylic acid groups (broad SMARTS) is 1. The zero-order valence-electron chi connectivity index (χ0n) is 13.0. The van der Waals surface area contributed by atoms with Crippen LogP contribution in [0.15, 0.2) is 18.5 Å². The molecule has 0 spiro atoms. The molecule has 0 bridgehead atoms. The molecule has 7 nitrogen and oxygen atoms in total. The van der Waals surface area contributed by atoms with Gasteiger partial charge >= 0.3 is 12.0 Å². The van der Waals surface area contributed by atoms with Gasteiger partial charge in [0.15, 0.2) is 0 Å². The summed E-state index contributed by atoms with van der Waals surface area (Å²) in [5.41, 5.74) is 1.63. The molecular formula is C16H20N4O3. The number of hydrogen-bond donors (Lipinski definition) is 3. The van der Waals surface area contributed by atoms with Crippen molar-refractivity contribution in [2.24, 2.45) is 7.05 Å². The first-order valence-electron chi connectivity index (χ1n) is 7.80. The van der Waals surface area contributed by atoms with Crippen molar-refractivity contribution in [1.29, 1.82) is 0 Å². The van der Waals surface area contributed by atoms with Gasteiger partial charge in [-0.3, -0.25) is 0 Å². The second-order valence-corrected chi connectivity index (χ2v) is 5.99. The van der Waals surface area contributed by atoms with Crippen LogP contribution < -0.4 is 10.6 Å². The van der Waals surface area contributed by atoms with Gasteiger partial charge in [0.2, 0.25) is 0 Å². The van der Waals surface area contributed by atoms with Gasteiger partial charge in [0.1, 0.15) is 0 Å². The van der Waals surface area contributed by atoms with Gasteiger partial charge in [0.25, 0.3) is 0 Å². The summed E-state index contributed by atoms with van der Waals surface area (Å²) in [7, 11) is 1.74. The minimum atomic E-state index is -1.05. The van der Waals surface area contributed by atoms with Crippen LogP contribution in [0, 0.1) is 0 Å². The van der Waals surface area contributed by atoms with Crippen molar-refractivity contribution < 1.29 is 14.7 Å². The zero-order chi connectivity index (χ0) is 16.4. The monoisotopic (exact) mass is 316 g/mol. The molecular weight excluding hydrogens is 296 g/mol. The van der Waals surface area contributed by atoms with Gasteiger partial charge in [0, 0.05) is 18.8 Å². The fraction of sp³-hybridized carbons (Fsp3) is 0.438. The molecule has 1 aromatic heterocycles. The topological polar surface area (TPSA) is 96.3 Å². The predicted octanol–water partition coefficient (Wildman–Crippen LogP) is 2.73. The maximum absolute atomic E-state index is 12.1. The minimum absolute atomic E-state index is 0.121. The third-order valence-corrected chi connectivity index (χ3v) is 4.24. The molecule has 0 radical (unpaired) electrons. The molecule has 0 aliphatic heterocycles. The molecule has 2 amide bonds. The number of nitrogens with one attached hydrogen (secondary N) is 2. The molecule has 1 aliphatic rings. The van der Waals surface area contributed by atoms with E-state index in [1.165, 1.54) is 12.5 Å². The van der Waals surface area contributed by atoms with E-state index in [2.05, 4.69) is 15.6 Å². The molecule has 0 unspecified atom stereocenters. The lowest BCUT2D eigenvalue weighted by Gasteiger charge is -2.22. The second-order valence-electron chi connectivity index (χ2n) is 5.99. The summed E-state index contributed by atoms with van der Waals surface area (Å²) in [5.74, 6) is -1.05. The van der Waals surface area contributed by atoms with E-state index >= 15 is 0 Å². The molecule has 2 aromatic rings. The second kappa shape index (κ2) is 6.28. The van der Waals surface area contributed by atoms with Crippen molar-refractivity contribution in [3.05, 3.63) is 24.0 Å². The summed E-state index contributed by atoms with van der Waals surface area (Å²) in [4.78, 5) is 27.7. The minimum Gasteiger partial charge on any atom is -0.478 e. The van der Waals surface area contributed by atoms with E-state index in [0.29, 0.717) is 16.7 Å². The van der Waals surface area contributed by atoms with Crippen LogP contribution in [0.2, 0.25) is 0 Å². The van der Waals surface area contributed by atoms with Crippen LogP contribution in [0.1, 0.15) is 42.5 Å². The first-order valence-corrected chi connectivity index (χ1v) is 7.80. The van der Waals surface area contributed by atoms with E-state index in [0.717, 1.165) is 25.7 Å². The lowest BCUT2D eigenvalue weighted by Crippen LogP contribution is -2.39. The average Bonchev–Trinajstić information content (AvgIpc) is 2.88. The van der Waals surface area contributed by atoms with Gasteiger partial charge in [-0.1, -0.05) is 19.3 Å². The van der Waals surface area contributed by atoms with Gasteiger partial charge in [-0.15, -0.1) is 0 Å². The first kappa shape index (κ1) is 15.3. The standard InChI is InChI=1S/C16H20N4O3/c1-20-9-17-13-8-11(7-12(14(13)20)15(21)22)19-16(23)18-10-5-3-2-4-6-10/h7-10H,2-6H2,1H3,(H,21,22)(H2,18,19,23). The van der Waals surface area contributed by atoms with Crippen LogP contribution in [0.5, 0.6) is 0 Å². The zero-order valence-corrected chi connectivity index (χ0v) is 13.0. The van der Waals surface area contributed by atoms with E-state index in [1.54, 1.807) is 24.0 Å². The van der Waals surface area contributed by atoms with E-state index in [1.807, 2.05) is 0 Å². The van der Waals surface area contributed by atoms with Gasteiger partial charge < -0.3 is 20.3 Å². The Morgan fingerprint density at radius 3 is 2.70 bits per heavy atom. The number of benzene rings is 1. The number of carbonyl (C=O) groups excluding carboxylic acids is 1. The third-order valence-electron chi connectivity index (χ3n) is 4.24. The number of amides is 2. The van der Waals surface area contributed by atoms with Gasteiger partial charge in [-0.05, 0) is 25.0 Å². The van der Waals surface area contributed by atoms with Crippen LogP contribution in [-0.2, 0) is 7.05 Å². The van der Waals surface area contributed by atoms with Crippen LogP contribution in [-0.4, -0.2) is 32.7 Å². The molecule has 23 heavy (non-hydrogen) atoms. The normalized spacial score (nSPS) is 15.5. The number of urea groups is 1. The quantitative estimate of drug-likeness (QED) is 0.811. The van der Waals surface area contributed by atoms with Crippen LogP contribution in [0.25, 0.3) is 11.0 Å². The van der Waals surface area contributed by atoms with E-state index in [4.69, 9.17) is 0 Å². The molecule has 1 saturated carbocycles. The Balaban J connectivity index is 1.79. The van der Waals surface area contributed by atoms with Gasteiger partial charge in [-0.2, -0.15) is 0 Å². The Kier molecular flexibility index (Phi) is 4.18. The smallest absolute Gasteiger partial charge is 0.337 e. The highest BCUT2D eigenvalue weighted by atomic mass is 16.4. The van der Waals surface area contributed by atoms with E-state index < -0.39 is 5.97 Å². The Morgan fingerprint density at radius 1 is 1.26 bits per heavy atom. The third kappa shape index (κ3) is 3.28. The number of anilines is 1. The van der Waals surface area contributed by atoms with E-state index in [9.17, 15) is 14.7 Å². The highest BCUT2D eigenvalue weighted by molar-refractivity contribution is 6.04. The number of carboxylic acids is 1. The van der Waals surface area contributed by atoms with Crippen molar-refractivity contribution >= 4 is 28.7 Å². The van der Waals surface area contributed by atoms with Crippen LogP contribution in [0.3, 0.4) is 0 Å². The lowest BCUT2D eigenvalue weighted by atomic mass is 9.96. The van der Waals surface area contributed by atoms with Crippen molar-refractivity contribution in [3.8, 4) is 0 Å². The van der Waals surface area contributed by atoms with E-state index in [-0.39, 0.29) is 17.6 Å². The number of aromatic nitrogens is 2. The number of imidazole rings is 1. The molecule has 3 N–H and O–H groups in total. The molecule has 0 atom stereocenters. The predicted molar refractivity (Wildman–Crippen MR) is 86.7 cm³/mol. The van der Waals surface area contributed by atoms with Gasteiger partial charge in [0.05, 0.1) is 22.9 Å². The molecule has 1 heterocycles. The van der Waals surface area contributed by atoms with Crippen molar-refractivity contribution in [2.75, 3.05) is 5.32 Å². The number of hydrogen-bond acceptors (Lipinski definition) is 3. The Hall–Kier alpha value is -2.57. The summed E-state index contributed by atoms with van der Waals surface area (Å²) in [5, 5.41) is 15.0. The summed E-state index contributed by atoms with van der Waals surface area (Å²) in [6, 6.07) is 3.04. The SMILES string of the molecule is Cn1cnc2cc(NC(=O)NC3CCCCC3)cc(C(=O)O)c21. The lowest BCUT2D eigenvalue weighted by molar-refractivity contribution is 0.0698. The summed E-state index contributed by atoms with van der Waals surface area (Å²) in [6.45, 7) is 0. The fourth-order valence-electron chi connectivity index (χ4n) is 3.13. The van der Waals surface area contributed by atoms with Crippen LogP contribution >= 0.6 is 0 Å². The Bertz CT molecular complexity index is 747. The fourth-order valence-corrected chi connectivity index (χ4v) is 3.13. The highest BCUT2D eigenvalue weighted by Crippen LogP contribution is 2.23. The van der Waals surface area contributed by atoms with Crippen molar-refractivity contribution in [2.45, 2.75) is 38.1 Å².